The molecule has 1 aromatic rings. The van der Waals surface area contributed by atoms with E-state index in [0.29, 0.717) is 13.2 Å². The van der Waals surface area contributed by atoms with Gasteiger partial charge in [0, 0.05) is 45.1 Å². The van der Waals surface area contributed by atoms with Crippen molar-refractivity contribution in [3.05, 3.63) is 18.5 Å². The van der Waals surface area contributed by atoms with Crippen LogP contribution in [0.2, 0.25) is 0 Å². The number of rotatable bonds is 4. The van der Waals surface area contributed by atoms with Gasteiger partial charge >= 0.3 is 0 Å². The molecule has 0 spiro atoms. The molecular formula is C13H20N4O2. The summed E-state index contributed by atoms with van der Waals surface area (Å²) < 4.78 is 5.24. The minimum atomic E-state index is -0.0224. The molecule has 6 nitrogen and oxygen atoms in total. The molecule has 1 aromatic heterocycles. The van der Waals surface area contributed by atoms with E-state index in [-0.39, 0.29) is 12.0 Å². The molecule has 0 bridgehead atoms. The highest BCUT2D eigenvalue weighted by atomic mass is 16.5. The van der Waals surface area contributed by atoms with Crippen molar-refractivity contribution in [3.8, 4) is 0 Å². The number of hydrogen-bond donors (Lipinski definition) is 1. The summed E-state index contributed by atoms with van der Waals surface area (Å²) in [7, 11) is 0. The molecule has 0 aliphatic carbocycles. The zero-order chi connectivity index (χ0) is 13.1. The van der Waals surface area contributed by atoms with Crippen LogP contribution in [0.4, 0.5) is 5.95 Å². The summed E-state index contributed by atoms with van der Waals surface area (Å²) in [6, 6.07) is 1.83. The minimum absolute atomic E-state index is 0.0224. The van der Waals surface area contributed by atoms with Crippen LogP contribution < -0.4 is 4.90 Å². The monoisotopic (exact) mass is 264 g/mol. The van der Waals surface area contributed by atoms with Crippen molar-refractivity contribution in [2.24, 2.45) is 5.41 Å². The zero-order valence-corrected chi connectivity index (χ0v) is 11.0. The molecule has 0 amide bonds. The number of hydrogen-bond acceptors (Lipinski definition) is 6. The Kier molecular flexibility index (Phi) is 3.63. The molecule has 0 atom stereocenters. The fourth-order valence-electron chi connectivity index (χ4n) is 2.66. The van der Waals surface area contributed by atoms with Crippen molar-refractivity contribution in [1.82, 2.24) is 14.9 Å². The predicted octanol–water partition coefficient (Wildman–Crippen LogP) is -0.392. The number of piperazine rings is 1. The molecular weight excluding hydrogens is 244 g/mol. The second-order valence-corrected chi connectivity index (χ2v) is 5.46. The van der Waals surface area contributed by atoms with Crippen LogP contribution in [0.1, 0.15) is 0 Å². The largest absolute Gasteiger partial charge is 0.396 e. The number of aromatic nitrogens is 2. The van der Waals surface area contributed by atoms with Gasteiger partial charge in [0.05, 0.1) is 25.2 Å². The Bertz CT molecular complexity index is 397. The summed E-state index contributed by atoms with van der Waals surface area (Å²) in [4.78, 5) is 13.2. The van der Waals surface area contributed by atoms with Crippen molar-refractivity contribution in [3.63, 3.8) is 0 Å². The number of aliphatic hydroxyl groups is 1. The van der Waals surface area contributed by atoms with Crippen molar-refractivity contribution in [1.29, 1.82) is 0 Å². The summed E-state index contributed by atoms with van der Waals surface area (Å²) in [6.07, 6.45) is 3.56. The van der Waals surface area contributed by atoms with Crippen LogP contribution >= 0.6 is 0 Å². The molecule has 19 heavy (non-hydrogen) atoms. The van der Waals surface area contributed by atoms with E-state index in [1.54, 1.807) is 12.4 Å². The van der Waals surface area contributed by atoms with Gasteiger partial charge in [0.1, 0.15) is 0 Å². The molecule has 0 aromatic carbocycles. The van der Waals surface area contributed by atoms with E-state index in [2.05, 4.69) is 19.8 Å². The quantitative estimate of drug-likeness (QED) is 0.799. The molecule has 2 fully saturated rings. The number of aliphatic hydroxyl groups excluding tert-OH is 1. The van der Waals surface area contributed by atoms with E-state index in [1.807, 2.05) is 6.07 Å². The smallest absolute Gasteiger partial charge is 0.225 e. The van der Waals surface area contributed by atoms with Gasteiger partial charge in [-0.15, -0.1) is 0 Å². The van der Waals surface area contributed by atoms with Gasteiger partial charge in [0.25, 0.3) is 0 Å². The average molecular weight is 264 g/mol. The predicted molar refractivity (Wildman–Crippen MR) is 71.0 cm³/mol. The molecule has 0 unspecified atom stereocenters. The Morgan fingerprint density at radius 3 is 2.37 bits per heavy atom. The van der Waals surface area contributed by atoms with E-state index < -0.39 is 0 Å². The summed E-state index contributed by atoms with van der Waals surface area (Å²) in [5.74, 6) is 0.811. The lowest BCUT2D eigenvalue weighted by atomic mass is 9.86. The van der Waals surface area contributed by atoms with Gasteiger partial charge in [-0.3, -0.25) is 4.90 Å². The Hall–Kier alpha value is -1.24. The van der Waals surface area contributed by atoms with Crippen LogP contribution in [0.5, 0.6) is 0 Å². The van der Waals surface area contributed by atoms with Gasteiger partial charge < -0.3 is 14.7 Å². The number of nitrogens with zero attached hydrogens (tertiary/aromatic N) is 4. The lowest BCUT2D eigenvalue weighted by molar-refractivity contribution is -0.148. The fraction of sp³-hybridized carbons (Fsp3) is 0.692. The van der Waals surface area contributed by atoms with E-state index in [9.17, 15) is 5.11 Å². The van der Waals surface area contributed by atoms with E-state index in [1.165, 1.54) is 0 Å². The first-order valence-corrected chi connectivity index (χ1v) is 6.74. The molecule has 2 aliphatic rings. The normalized spacial score (nSPS) is 23.1. The molecule has 0 saturated carbocycles. The molecule has 6 heteroatoms. The van der Waals surface area contributed by atoms with Crippen molar-refractivity contribution in [2.75, 3.05) is 57.4 Å². The zero-order valence-electron chi connectivity index (χ0n) is 11.0. The van der Waals surface area contributed by atoms with E-state index in [4.69, 9.17) is 4.74 Å². The highest BCUT2D eigenvalue weighted by Gasteiger charge is 2.40. The maximum absolute atomic E-state index is 9.46. The van der Waals surface area contributed by atoms with Crippen LogP contribution in [-0.2, 0) is 4.74 Å². The molecule has 1 N–H and O–H groups in total. The van der Waals surface area contributed by atoms with E-state index >= 15 is 0 Å². The van der Waals surface area contributed by atoms with Crippen molar-refractivity contribution in [2.45, 2.75) is 0 Å². The Balaban J connectivity index is 1.52. The number of ether oxygens (including phenoxy) is 1. The number of anilines is 1. The van der Waals surface area contributed by atoms with Crippen LogP contribution in [0.25, 0.3) is 0 Å². The second kappa shape index (κ2) is 5.40. The van der Waals surface area contributed by atoms with Gasteiger partial charge in [-0.2, -0.15) is 0 Å². The summed E-state index contributed by atoms with van der Waals surface area (Å²) >= 11 is 0. The summed E-state index contributed by atoms with van der Waals surface area (Å²) in [5.41, 5.74) is -0.0224. The first-order chi connectivity index (χ1) is 9.31. The van der Waals surface area contributed by atoms with E-state index in [0.717, 1.165) is 38.7 Å². The topological polar surface area (TPSA) is 61.7 Å². The van der Waals surface area contributed by atoms with Crippen molar-refractivity contribution >= 4 is 5.95 Å². The Morgan fingerprint density at radius 1 is 1.16 bits per heavy atom. The van der Waals surface area contributed by atoms with Crippen molar-refractivity contribution < 1.29 is 9.84 Å². The third-order valence-corrected chi connectivity index (χ3v) is 3.92. The van der Waals surface area contributed by atoms with Crippen LogP contribution in [0, 0.1) is 5.41 Å². The summed E-state index contributed by atoms with van der Waals surface area (Å²) in [6.45, 7) is 6.36. The standard InChI is InChI=1S/C13H20N4O2/c18-9-13(10-19-11-13)8-16-4-6-17(7-5-16)12-14-2-1-3-15-12/h1-3,18H,4-11H2. The third-order valence-electron chi connectivity index (χ3n) is 3.92. The molecule has 0 radical (unpaired) electrons. The Labute approximate surface area is 113 Å². The molecule has 3 rings (SSSR count). The maximum atomic E-state index is 9.46. The molecule has 104 valence electrons. The van der Waals surface area contributed by atoms with Crippen LogP contribution in [-0.4, -0.2) is 72.5 Å². The highest BCUT2D eigenvalue weighted by molar-refractivity contribution is 5.29. The SMILES string of the molecule is OCC1(CN2CCN(c3ncccn3)CC2)COC1. The van der Waals surface area contributed by atoms with Gasteiger partial charge in [-0.25, -0.2) is 9.97 Å². The lowest BCUT2D eigenvalue weighted by Crippen LogP contribution is -2.57. The van der Waals surface area contributed by atoms with Gasteiger partial charge in [-0.05, 0) is 6.07 Å². The first kappa shape index (κ1) is 12.8. The third kappa shape index (κ3) is 2.70. The first-order valence-electron chi connectivity index (χ1n) is 6.74. The Morgan fingerprint density at radius 2 is 1.84 bits per heavy atom. The molecule has 2 aliphatic heterocycles. The minimum Gasteiger partial charge on any atom is -0.396 e. The molecule has 2 saturated heterocycles. The maximum Gasteiger partial charge on any atom is 0.225 e. The molecule has 3 heterocycles. The summed E-state index contributed by atoms with van der Waals surface area (Å²) in [5, 5.41) is 9.46. The second-order valence-electron chi connectivity index (χ2n) is 5.46. The lowest BCUT2D eigenvalue weighted by Gasteiger charge is -2.45. The van der Waals surface area contributed by atoms with Gasteiger partial charge in [-0.1, -0.05) is 0 Å². The van der Waals surface area contributed by atoms with Gasteiger partial charge in [0.2, 0.25) is 5.95 Å². The van der Waals surface area contributed by atoms with Crippen LogP contribution in [0.15, 0.2) is 18.5 Å². The van der Waals surface area contributed by atoms with Crippen LogP contribution in [0.3, 0.4) is 0 Å². The highest BCUT2D eigenvalue weighted by Crippen LogP contribution is 2.28. The fourth-order valence-corrected chi connectivity index (χ4v) is 2.66. The van der Waals surface area contributed by atoms with Gasteiger partial charge in [0.15, 0.2) is 0 Å². The average Bonchev–Trinajstić information content (AvgIpc) is 2.45.